The summed E-state index contributed by atoms with van der Waals surface area (Å²) in [6.07, 6.45) is -4.46. The van der Waals surface area contributed by atoms with E-state index in [4.69, 9.17) is 0 Å². The summed E-state index contributed by atoms with van der Waals surface area (Å²) >= 11 is 0. The lowest BCUT2D eigenvalue weighted by atomic mass is 9.85. The Morgan fingerprint density at radius 1 is 0.704 bits per heavy atom. The molecule has 0 fully saturated rings. The number of carbonyl (C=O) groups is 1. The van der Waals surface area contributed by atoms with Crippen molar-refractivity contribution in [3.8, 4) is 0 Å². The molecule has 2 N–H and O–H groups in total. The number of halogens is 3. The highest BCUT2D eigenvalue weighted by molar-refractivity contribution is 6.00. The molecule has 0 spiro atoms. The largest absolute Gasteiger partial charge is 0.416 e. The summed E-state index contributed by atoms with van der Waals surface area (Å²) < 4.78 is 38.1. The first-order valence-corrected chi connectivity index (χ1v) is 8.14. The molecule has 6 heteroatoms. The van der Waals surface area contributed by atoms with Gasteiger partial charge in [0.15, 0.2) is 5.60 Å². The molecule has 0 saturated heterocycles. The Kier molecular flexibility index (Phi) is 5.01. The quantitative estimate of drug-likeness (QED) is 0.705. The van der Waals surface area contributed by atoms with E-state index in [0.29, 0.717) is 11.1 Å². The van der Waals surface area contributed by atoms with Crippen molar-refractivity contribution in [2.75, 3.05) is 5.32 Å². The average Bonchev–Trinajstić information content (AvgIpc) is 2.68. The highest BCUT2D eigenvalue weighted by Gasteiger charge is 2.40. The van der Waals surface area contributed by atoms with Crippen LogP contribution < -0.4 is 5.32 Å². The molecular weight excluding hydrogens is 355 g/mol. The van der Waals surface area contributed by atoms with E-state index in [1.807, 2.05) is 0 Å². The normalized spacial score (nSPS) is 11.9. The number of anilines is 1. The van der Waals surface area contributed by atoms with Gasteiger partial charge < -0.3 is 10.4 Å². The molecule has 138 valence electrons. The Balaban J connectivity index is 1.95. The van der Waals surface area contributed by atoms with Crippen LogP contribution in [0.15, 0.2) is 84.9 Å². The number of hydrogen-bond donors (Lipinski definition) is 2. The summed E-state index contributed by atoms with van der Waals surface area (Å²) in [5, 5.41) is 13.8. The zero-order valence-corrected chi connectivity index (χ0v) is 14.1. The summed E-state index contributed by atoms with van der Waals surface area (Å²) in [7, 11) is 0. The number of nitrogens with one attached hydrogen (secondary N) is 1. The monoisotopic (exact) mass is 371 g/mol. The number of benzene rings is 3. The molecule has 0 aromatic heterocycles. The van der Waals surface area contributed by atoms with Crippen LogP contribution in [0.4, 0.5) is 18.9 Å². The van der Waals surface area contributed by atoms with E-state index >= 15 is 0 Å². The first kappa shape index (κ1) is 18.7. The summed E-state index contributed by atoms with van der Waals surface area (Å²) in [5.41, 5.74) is -1.97. The Hall–Kier alpha value is -3.12. The topological polar surface area (TPSA) is 49.3 Å². The fourth-order valence-electron chi connectivity index (χ4n) is 2.75. The zero-order chi connectivity index (χ0) is 19.5. The van der Waals surface area contributed by atoms with Crippen molar-refractivity contribution in [3.63, 3.8) is 0 Å². The molecule has 0 atom stereocenters. The molecular formula is C21H16F3NO2. The molecule has 0 aliphatic rings. The van der Waals surface area contributed by atoms with Gasteiger partial charge in [-0.25, -0.2) is 0 Å². The van der Waals surface area contributed by atoms with Gasteiger partial charge in [0.2, 0.25) is 0 Å². The van der Waals surface area contributed by atoms with Crippen molar-refractivity contribution in [3.05, 3.63) is 102 Å². The fraction of sp³-hybridized carbons (Fsp3) is 0.0952. The second-order valence-corrected chi connectivity index (χ2v) is 5.97. The van der Waals surface area contributed by atoms with E-state index in [9.17, 15) is 23.1 Å². The van der Waals surface area contributed by atoms with E-state index < -0.39 is 23.2 Å². The first-order chi connectivity index (χ1) is 12.8. The van der Waals surface area contributed by atoms with E-state index in [2.05, 4.69) is 5.32 Å². The molecule has 0 saturated carbocycles. The minimum Gasteiger partial charge on any atom is -0.372 e. The lowest BCUT2D eigenvalue weighted by Crippen LogP contribution is -2.41. The average molecular weight is 371 g/mol. The van der Waals surface area contributed by atoms with Gasteiger partial charge in [-0.3, -0.25) is 4.79 Å². The van der Waals surface area contributed by atoms with Crippen molar-refractivity contribution in [2.45, 2.75) is 11.8 Å². The van der Waals surface area contributed by atoms with Gasteiger partial charge in [-0.15, -0.1) is 0 Å². The number of amides is 1. The predicted molar refractivity (Wildman–Crippen MR) is 96.0 cm³/mol. The number of hydrogen-bond acceptors (Lipinski definition) is 2. The van der Waals surface area contributed by atoms with Crippen molar-refractivity contribution in [1.82, 2.24) is 0 Å². The smallest absolute Gasteiger partial charge is 0.372 e. The van der Waals surface area contributed by atoms with Gasteiger partial charge >= 0.3 is 6.18 Å². The van der Waals surface area contributed by atoms with Crippen LogP contribution in [-0.4, -0.2) is 11.0 Å². The second kappa shape index (κ2) is 7.25. The van der Waals surface area contributed by atoms with E-state index in [1.165, 1.54) is 0 Å². The van der Waals surface area contributed by atoms with Crippen molar-refractivity contribution in [2.24, 2.45) is 0 Å². The molecule has 1 amide bonds. The molecule has 0 radical (unpaired) electrons. The van der Waals surface area contributed by atoms with Gasteiger partial charge in [0.25, 0.3) is 5.91 Å². The van der Waals surface area contributed by atoms with Gasteiger partial charge in [0.1, 0.15) is 0 Å². The van der Waals surface area contributed by atoms with Crippen LogP contribution in [0, 0.1) is 0 Å². The zero-order valence-electron chi connectivity index (χ0n) is 14.1. The van der Waals surface area contributed by atoms with Gasteiger partial charge in [-0.05, 0) is 35.4 Å². The Morgan fingerprint density at radius 3 is 1.56 bits per heavy atom. The molecule has 0 heterocycles. The van der Waals surface area contributed by atoms with Crippen molar-refractivity contribution < 1.29 is 23.1 Å². The predicted octanol–water partition coefficient (Wildman–Crippen LogP) is 4.58. The first-order valence-electron chi connectivity index (χ1n) is 8.14. The molecule has 3 aromatic carbocycles. The summed E-state index contributed by atoms with van der Waals surface area (Å²) in [6.45, 7) is 0. The molecule has 3 rings (SSSR count). The molecule has 0 bridgehead atoms. The molecule has 27 heavy (non-hydrogen) atoms. The summed E-state index contributed by atoms with van der Waals surface area (Å²) in [4.78, 5) is 12.9. The second-order valence-electron chi connectivity index (χ2n) is 5.97. The Morgan fingerprint density at radius 2 is 1.15 bits per heavy atom. The fourth-order valence-corrected chi connectivity index (χ4v) is 2.75. The van der Waals surface area contributed by atoms with Gasteiger partial charge in [-0.1, -0.05) is 60.7 Å². The molecule has 0 aliphatic heterocycles. The summed E-state index contributed by atoms with van der Waals surface area (Å²) in [6, 6.07) is 20.8. The standard InChI is InChI=1S/C21H16F3NO2/c22-21(23,24)17-11-13-18(14-12-17)25-19(26)20(27,15-7-3-1-4-8-15)16-9-5-2-6-10-16/h1-14,27H,(H,25,26). The van der Waals surface area contributed by atoms with Crippen LogP contribution in [0.2, 0.25) is 0 Å². The van der Waals surface area contributed by atoms with Crippen LogP contribution in [0.5, 0.6) is 0 Å². The number of aliphatic hydroxyl groups is 1. The van der Waals surface area contributed by atoms with Crippen LogP contribution in [0.25, 0.3) is 0 Å². The minimum absolute atomic E-state index is 0.151. The maximum absolute atomic E-state index is 12.9. The van der Waals surface area contributed by atoms with Crippen molar-refractivity contribution in [1.29, 1.82) is 0 Å². The van der Waals surface area contributed by atoms with Crippen LogP contribution in [0.3, 0.4) is 0 Å². The van der Waals surface area contributed by atoms with Crippen molar-refractivity contribution >= 4 is 11.6 Å². The molecule has 0 unspecified atom stereocenters. The molecule has 3 nitrogen and oxygen atoms in total. The Labute approximate surface area is 154 Å². The lowest BCUT2D eigenvalue weighted by Gasteiger charge is -2.28. The SMILES string of the molecule is O=C(Nc1ccc(C(F)(F)F)cc1)C(O)(c1ccccc1)c1ccccc1. The summed E-state index contributed by atoms with van der Waals surface area (Å²) in [5.74, 6) is -0.764. The minimum atomic E-state index is -4.46. The number of rotatable bonds is 4. The lowest BCUT2D eigenvalue weighted by molar-refractivity contribution is -0.137. The maximum Gasteiger partial charge on any atom is 0.416 e. The van der Waals surface area contributed by atoms with Crippen LogP contribution >= 0.6 is 0 Å². The van der Waals surface area contributed by atoms with Gasteiger partial charge in [0, 0.05) is 5.69 Å². The van der Waals surface area contributed by atoms with E-state index in [1.54, 1.807) is 60.7 Å². The Bertz CT molecular complexity index is 868. The highest BCUT2D eigenvalue weighted by Crippen LogP contribution is 2.32. The number of carbonyl (C=O) groups excluding carboxylic acids is 1. The molecule has 0 aliphatic carbocycles. The third-order valence-corrected chi connectivity index (χ3v) is 4.18. The van der Waals surface area contributed by atoms with Gasteiger partial charge in [-0.2, -0.15) is 13.2 Å². The third-order valence-electron chi connectivity index (χ3n) is 4.18. The van der Waals surface area contributed by atoms with Gasteiger partial charge in [0.05, 0.1) is 5.56 Å². The van der Waals surface area contributed by atoms with E-state index in [0.717, 1.165) is 24.3 Å². The van der Waals surface area contributed by atoms with Crippen LogP contribution in [0.1, 0.15) is 16.7 Å². The maximum atomic E-state index is 12.9. The highest BCUT2D eigenvalue weighted by atomic mass is 19.4. The van der Waals surface area contributed by atoms with E-state index in [-0.39, 0.29) is 5.69 Å². The van der Waals surface area contributed by atoms with Crippen LogP contribution in [-0.2, 0) is 16.6 Å². The third kappa shape index (κ3) is 3.85. The number of alkyl halides is 3. The molecule has 3 aromatic rings.